The largest absolute Gasteiger partial charge is 0.421 e. The van der Waals surface area contributed by atoms with Crippen LogP contribution in [0, 0.1) is 6.92 Å². The number of nitrogens with zero attached hydrogens (tertiary/aromatic N) is 2. The summed E-state index contributed by atoms with van der Waals surface area (Å²) in [5.41, 5.74) is 1.10. The molecule has 0 unspecified atom stereocenters. The zero-order valence-electron chi connectivity index (χ0n) is 11.6. The SMILES string of the molecule is Cc1nnc(-c2ccc(NC(=O)NCCC(F)(F)F)cc2)o1. The molecule has 0 saturated carbocycles. The normalized spacial score (nSPS) is 11.3. The number of carbonyl (C=O) groups is 1. The van der Waals surface area contributed by atoms with Gasteiger partial charge in [0.1, 0.15) is 0 Å². The summed E-state index contributed by atoms with van der Waals surface area (Å²) in [6, 6.07) is 5.76. The van der Waals surface area contributed by atoms with Gasteiger partial charge >= 0.3 is 12.2 Å². The van der Waals surface area contributed by atoms with Gasteiger partial charge < -0.3 is 15.1 Å². The fraction of sp³-hybridized carbons (Fsp3) is 0.308. The molecular formula is C13H13F3N4O2. The highest BCUT2D eigenvalue weighted by Gasteiger charge is 2.26. The second-order valence-electron chi connectivity index (χ2n) is 4.45. The Hall–Kier alpha value is -2.58. The van der Waals surface area contributed by atoms with Crippen molar-refractivity contribution in [1.29, 1.82) is 0 Å². The topological polar surface area (TPSA) is 80.0 Å². The highest BCUT2D eigenvalue weighted by molar-refractivity contribution is 5.89. The van der Waals surface area contributed by atoms with Crippen molar-refractivity contribution in [1.82, 2.24) is 15.5 Å². The predicted molar refractivity (Wildman–Crippen MR) is 72.2 cm³/mol. The Labute approximate surface area is 123 Å². The van der Waals surface area contributed by atoms with Crippen LogP contribution in [-0.2, 0) is 0 Å². The van der Waals surface area contributed by atoms with Crippen LogP contribution in [0.4, 0.5) is 23.7 Å². The third-order valence-electron chi connectivity index (χ3n) is 2.61. The summed E-state index contributed by atoms with van der Waals surface area (Å²) >= 11 is 0. The summed E-state index contributed by atoms with van der Waals surface area (Å²) in [5, 5.41) is 12.1. The Bertz CT molecular complexity index is 637. The highest BCUT2D eigenvalue weighted by Crippen LogP contribution is 2.20. The summed E-state index contributed by atoms with van der Waals surface area (Å²) in [7, 11) is 0. The fourth-order valence-electron chi connectivity index (χ4n) is 1.60. The van der Waals surface area contributed by atoms with Gasteiger partial charge in [0, 0.05) is 24.7 Å². The maximum absolute atomic E-state index is 11.9. The van der Waals surface area contributed by atoms with Crippen LogP contribution in [-0.4, -0.2) is 28.9 Å². The molecule has 1 aromatic carbocycles. The number of aryl methyl sites for hydroxylation is 1. The smallest absolute Gasteiger partial charge is 0.390 e. The number of anilines is 1. The van der Waals surface area contributed by atoms with Crippen LogP contribution in [0.3, 0.4) is 0 Å². The van der Waals surface area contributed by atoms with E-state index in [4.69, 9.17) is 4.42 Å². The van der Waals surface area contributed by atoms with Crippen molar-refractivity contribution in [3.63, 3.8) is 0 Å². The van der Waals surface area contributed by atoms with Crippen molar-refractivity contribution >= 4 is 11.7 Å². The molecule has 9 heteroatoms. The Morgan fingerprint density at radius 2 is 1.91 bits per heavy atom. The van der Waals surface area contributed by atoms with Gasteiger partial charge in [0.25, 0.3) is 0 Å². The number of hydrogen-bond acceptors (Lipinski definition) is 4. The molecule has 1 heterocycles. The first-order valence-electron chi connectivity index (χ1n) is 6.36. The third kappa shape index (κ3) is 4.76. The lowest BCUT2D eigenvalue weighted by Gasteiger charge is -2.09. The molecule has 2 amide bonds. The van der Waals surface area contributed by atoms with E-state index in [0.29, 0.717) is 23.0 Å². The molecular weight excluding hydrogens is 301 g/mol. The Balaban J connectivity index is 1.87. The van der Waals surface area contributed by atoms with Crippen molar-refractivity contribution in [2.45, 2.75) is 19.5 Å². The number of rotatable bonds is 4. The zero-order chi connectivity index (χ0) is 16.2. The number of nitrogens with one attached hydrogen (secondary N) is 2. The molecule has 22 heavy (non-hydrogen) atoms. The van der Waals surface area contributed by atoms with E-state index in [-0.39, 0.29) is 0 Å². The lowest BCUT2D eigenvalue weighted by Crippen LogP contribution is -2.31. The van der Waals surface area contributed by atoms with E-state index in [1.807, 2.05) is 0 Å². The molecule has 2 aromatic rings. The van der Waals surface area contributed by atoms with Gasteiger partial charge in [-0.3, -0.25) is 0 Å². The summed E-state index contributed by atoms with van der Waals surface area (Å²) in [6.07, 6.45) is -5.37. The zero-order valence-corrected chi connectivity index (χ0v) is 11.6. The van der Waals surface area contributed by atoms with Crippen molar-refractivity contribution < 1.29 is 22.4 Å². The molecule has 0 fully saturated rings. The molecule has 0 saturated heterocycles. The monoisotopic (exact) mass is 314 g/mol. The van der Waals surface area contributed by atoms with Crippen molar-refractivity contribution in [3.05, 3.63) is 30.2 Å². The summed E-state index contributed by atoms with van der Waals surface area (Å²) in [4.78, 5) is 11.4. The summed E-state index contributed by atoms with van der Waals surface area (Å²) in [5.74, 6) is 0.778. The van der Waals surface area contributed by atoms with E-state index in [1.54, 1.807) is 31.2 Å². The van der Waals surface area contributed by atoms with E-state index < -0.39 is 25.2 Å². The van der Waals surface area contributed by atoms with Crippen LogP contribution in [0.5, 0.6) is 0 Å². The quantitative estimate of drug-likeness (QED) is 0.908. The highest BCUT2D eigenvalue weighted by atomic mass is 19.4. The number of hydrogen-bond donors (Lipinski definition) is 2. The van der Waals surface area contributed by atoms with Crippen LogP contribution in [0.1, 0.15) is 12.3 Å². The molecule has 1 aromatic heterocycles. The molecule has 0 radical (unpaired) electrons. The maximum atomic E-state index is 11.9. The van der Waals surface area contributed by atoms with Gasteiger partial charge in [-0.1, -0.05) is 0 Å². The first kappa shape index (κ1) is 15.8. The second-order valence-corrected chi connectivity index (χ2v) is 4.45. The van der Waals surface area contributed by atoms with Crippen LogP contribution >= 0.6 is 0 Å². The maximum Gasteiger partial charge on any atom is 0.390 e. The van der Waals surface area contributed by atoms with Gasteiger partial charge in [-0.05, 0) is 24.3 Å². The average Bonchev–Trinajstić information content (AvgIpc) is 2.85. The van der Waals surface area contributed by atoms with Crippen LogP contribution in [0.25, 0.3) is 11.5 Å². The number of aromatic nitrogens is 2. The Morgan fingerprint density at radius 3 is 2.45 bits per heavy atom. The minimum absolute atomic E-state index is 0.346. The van der Waals surface area contributed by atoms with E-state index >= 15 is 0 Å². The van der Waals surface area contributed by atoms with E-state index in [0.717, 1.165) is 0 Å². The van der Waals surface area contributed by atoms with Crippen molar-refractivity contribution in [3.8, 4) is 11.5 Å². The van der Waals surface area contributed by atoms with Gasteiger partial charge in [0.05, 0.1) is 6.42 Å². The first-order chi connectivity index (χ1) is 10.3. The lowest BCUT2D eigenvalue weighted by molar-refractivity contribution is -0.132. The standard InChI is InChI=1S/C13H13F3N4O2/c1-8-19-20-11(22-8)9-2-4-10(5-3-9)18-12(21)17-7-6-13(14,15)16/h2-5H,6-7H2,1H3,(H2,17,18,21). The third-order valence-corrected chi connectivity index (χ3v) is 2.61. The molecule has 0 aliphatic carbocycles. The van der Waals surface area contributed by atoms with Crippen molar-refractivity contribution in [2.75, 3.05) is 11.9 Å². The molecule has 0 spiro atoms. The molecule has 0 atom stereocenters. The Kier molecular flexibility index (Phi) is 4.64. The van der Waals surface area contributed by atoms with Crippen LogP contribution in [0.15, 0.2) is 28.7 Å². The summed E-state index contributed by atoms with van der Waals surface area (Å²) < 4.78 is 41.1. The van der Waals surface area contributed by atoms with Gasteiger partial charge in [-0.15, -0.1) is 10.2 Å². The molecule has 6 nitrogen and oxygen atoms in total. The molecule has 2 N–H and O–H groups in total. The minimum Gasteiger partial charge on any atom is -0.421 e. The number of carbonyl (C=O) groups excluding carboxylic acids is 1. The Morgan fingerprint density at radius 1 is 1.23 bits per heavy atom. The number of halogens is 3. The van der Waals surface area contributed by atoms with Crippen molar-refractivity contribution in [2.24, 2.45) is 0 Å². The molecule has 0 aliphatic rings. The minimum atomic E-state index is -4.29. The number of urea groups is 1. The van der Waals surface area contributed by atoms with Crippen LogP contribution in [0.2, 0.25) is 0 Å². The molecule has 0 aliphatic heterocycles. The fourth-order valence-corrected chi connectivity index (χ4v) is 1.60. The second kappa shape index (κ2) is 6.46. The van der Waals surface area contributed by atoms with Gasteiger partial charge in [0.15, 0.2) is 0 Å². The summed E-state index contributed by atoms with van der Waals surface area (Å²) in [6.45, 7) is 1.19. The molecule has 0 bridgehead atoms. The van der Waals surface area contributed by atoms with Gasteiger partial charge in [-0.2, -0.15) is 13.2 Å². The van der Waals surface area contributed by atoms with E-state index in [9.17, 15) is 18.0 Å². The number of benzene rings is 1. The molecule has 118 valence electrons. The average molecular weight is 314 g/mol. The van der Waals surface area contributed by atoms with E-state index in [1.165, 1.54) is 0 Å². The molecule has 2 rings (SSSR count). The lowest BCUT2D eigenvalue weighted by atomic mass is 10.2. The van der Waals surface area contributed by atoms with E-state index in [2.05, 4.69) is 20.8 Å². The van der Waals surface area contributed by atoms with Crippen LogP contribution < -0.4 is 10.6 Å². The van der Waals surface area contributed by atoms with Gasteiger partial charge in [-0.25, -0.2) is 4.79 Å². The predicted octanol–water partition coefficient (Wildman–Crippen LogP) is 3.12. The first-order valence-corrected chi connectivity index (χ1v) is 6.36. The van der Waals surface area contributed by atoms with Gasteiger partial charge in [0.2, 0.25) is 11.8 Å². The number of amides is 2. The number of alkyl halides is 3.